The number of benzene rings is 2. The predicted octanol–water partition coefficient (Wildman–Crippen LogP) is 4.07. The van der Waals surface area contributed by atoms with Gasteiger partial charge in [0.1, 0.15) is 0 Å². The maximum atomic E-state index is 12.1. The van der Waals surface area contributed by atoms with Crippen LogP contribution in [0, 0.1) is 0 Å². The van der Waals surface area contributed by atoms with Gasteiger partial charge < -0.3 is 9.47 Å². The van der Waals surface area contributed by atoms with Crippen LogP contribution in [0.15, 0.2) is 53.4 Å². The van der Waals surface area contributed by atoms with Gasteiger partial charge in [0.05, 0.1) is 19.5 Å². The monoisotopic (exact) mass is 302 g/mol. The van der Waals surface area contributed by atoms with Gasteiger partial charge in [-0.3, -0.25) is 4.79 Å². The third-order valence-electron chi connectivity index (χ3n) is 2.90. The van der Waals surface area contributed by atoms with Crippen molar-refractivity contribution in [1.82, 2.24) is 0 Å². The number of hydrogen-bond acceptors (Lipinski definition) is 4. The van der Waals surface area contributed by atoms with Gasteiger partial charge in [-0.15, -0.1) is 11.8 Å². The molecule has 0 heterocycles. The van der Waals surface area contributed by atoms with Gasteiger partial charge in [0.15, 0.2) is 17.3 Å². The van der Waals surface area contributed by atoms with Crippen LogP contribution in [0.3, 0.4) is 0 Å². The van der Waals surface area contributed by atoms with E-state index in [1.807, 2.05) is 55.5 Å². The third-order valence-corrected chi connectivity index (χ3v) is 3.89. The van der Waals surface area contributed by atoms with E-state index in [4.69, 9.17) is 9.47 Å². The van der Waals surface area contributed by atoms with Gasteiger partial charge in [-0.1, -0.05) is 30.3 Å². The largest absolute Gasteiger partial charge is 0.493 e. The molecule has 0 saturated carbocycles. The molecule has 0 aliphatic rings. The zero-order valence-electron chi connectivity index (χ0n) is 12.2. The van der Waals surface area contributed by atoms with Gasteiger partial charge in [0.2, 0.25) is 0 Å². The highest BCUT2D eigenvalue weighted by Crippen LogP contribution is 2.32. The van der Waals surface area contributed by atoms with E-state index in [1.54, 1.807) is 7.11 Å². The van der Waals surface area contributed by atoms with Crippen molar-refractivity contribution in [2.45, 2.75) is 11.8 Å². The number of ketones is 1. The minimum atomic E-state index is 0.119. The lowest BCUT2D eigenvalue weighted by molar-refractivity contribution is 0.102. The number of carbonyl (C=O) groups is 1. The molecule has 0 fully saturated rings. The summed E-state index contributed by atoms with van der Waals surface area (Å²) in [7, 11) is 1.61. The first-order chi connectivity index (χ1) is 10.2. The molecule has 0 amide bonds. The molecule has 4 heteroatoms. The Kier molecular flexibility index (Phi) is 5.69. The summed E-state index contributed by atoms with van der Waals surface area (Å²) in [4.78, 5) is 13.1. The quantitative estimate of drug-likeness (QED) is 0.570. The normalized spacial score (nSPS) is 10.2. The van der Waals surface area contributed by atoms with Crippen LogP contribution in [0.25, 0.3) is 0 Å². The van der Waals surface area contributed by atoms with E-state index in [0.29, 0.717) is 18.1 Å². The summed E-state index contributed by atoms with van der Waals surface area (Å²) < 4.78 is 10.8. The van der Waals surface area contributed by atoms with Crippen molar-refractivity contribution in [1.29, 1.82) is 0 Å². The van der Waals surface area contributed by atoms with Gasteiger partial charge in [-0.05, 0) is 25.1 Å². The lowest BCUT2D eigenvalue weighted by atomic mass is 10.2. The van der Waals surface area contributed by atoms with Crippen molar-refractivity contribution in [2.75, 3.05) is 19.5 Å². The Balaban J connectivity index is 2.02. The number of hydrogen-bond donors (Lipinski definition) is 0. The van der Waals surface area contributed by atoms with Crippen LogP contribution in [-0.4, -0.2) is 25.3 Å². The zero-order valence-corrected chi connectivity index (χ0v) is 13.0. The second kappa shape index (κ2) is 7.74. The fourth-order valence-electron chi connectivity index (χ4n) is 1.87. The molecule has 0 aliphatic carbocycles. The lowest BCUT2D eigenvalue weighted by Crippen LogP contribution is -2.01. The first kappa shape index (κ1) is 15.4. The molecule has 0 N–H and O–H groups in total. The average Bonchev–Trinajstić information content (AvgIpc) is 2.54. The SMILES string of the molecule is CCOc1ccc(SCC(=O)c2ccccc2)cc1OC. The molecule has 0 radical (unpaired) electrons. The number of Topliss-reactive ketones (excluding diaryl/α,β-unsaturated/α-hetero) is 1. The molecule has 2 aromatic carbocycles. The van der Waals surface area contributed by atoms with Crippen LogP contribution in [0.4, 0.5) is 0 Å². The summed E-state index contributed by atoms with van der Waals surface area (Å²) in [6, 6.07) is 15.0. The Bertz CT molecular complexity index is 596. The molecule has 21 heavy (non-hydrogen) atoms. The highest BCUT2D eigenvalue weighted by Gasteiger charge is 2.09. The molecule has 0 saturated heterocycles. The minimum Gasteiger partial charge on any atom is -0.493 e. The van der Waals surface area contributed by atoms with E-state index in [0.717, 1.165) is 16.2 Å². The fraction of sp³-hybridized carbons (Fsp3) is 0.235. The summed E-state index contributed by atoms with van der Waals surface area (Å²) in [5.74, 6) is 1.93. The summed E-state index contributed by atoms with van der Waals surface area (Å²) in [5.41, 5.74) is 0.739. The van der Waals surface area contributed by atoms with Crippen molar-refractivity contribution < 1.29 is 14.3 Å². The van der Waals surface area contributed by atoms with Crippen molar-refractivity contribution in [3.8, 4) is 11.5 Å². The lowest BCUT2D eigenvalue weighted by Gasteiger charge is -2.10. The molecular formula is C17H18O3S. The molecule has 3 nitrogen and oxygen atoms in total. The zero-order chi connectivity index (χ0) is 15.1. The smallest absolute Gasteiger partial charge is 0.173 e. The summed E-state index contributed by atoms with van der Waals surface area (Å²) >= 11 is 1.49. The third kappa shape index (κ3) is 4.26. The van der Waals surface area contributed by atoms with Crippen LogP contribution in [0.5, 0.6) is 11.5 Å². The Hall–Kier alpha value is -1.94. The number of thioether (sulfide) groups is 1. The van der Waals surface area contributed by atoms with Crippen molar-refractivity contribution >= 4 is 17.5 Å². The minimum absolute atomic E-state index is 0.119. The van der Waals surface area contributed by atoms with Gasteiger partial charge in [0.25, 0.3) is 0 Å². The topological polar surface area (TPSA) is 35.5 Å². The Morgan fingerprint density at radius 1 is 1.10 bits per heavy atom. The number of carbonyl (C=O) groups excluding carboxylic acids is 1. The van der Waals surface area contributed by atoms with Crippen LogP contribution in [0.2, 0.25) is 0 Å². The fourth-order valence-corrected chi connectivity index (χ4v) is 2.69. The average molecular weight is 302 g/mol. The summed E-state index contributed by atoms with van der Waals surface area (Å²) in [5, 5.41) is 0. The molecule has 0 unspecified atom stereocenters. The van der Waals surface area contributed by atoms with Gasteiger partial charge in [0, 0.05) is 10.5 Å². The van der Waals surface area contributed by atoms with Crippen LogP contribution in [0.1, 0.15) is 17.3 Å². The number of methoxy groups -OCH3 is 1. The number of rotatable bonds is 7. The highest BCUT2D eigenvalue weighted by atomic mass is 32.2. The second-order valence-corrected chi connectivity index (χ2v) is 5.37. The van der Waals surface area contributed by atoms with Crippen molar-refractivity contribution in [2.24, 2.45) is 0 Å². The second-order valence-electron chi connectivity index (χ2n) is 4.32. The van der Waals surface area contributed by atoms with Crippen LogP contribution >= 0.6 is 11.8 Å². The number of ether oxygens (including phenoxy) is 2. The molecule has 0 atom stereocenters. The maximum absolute atomic E-state index is 12.1. The summed E-state index contributed by atoms with van der Waals surface area (Å²) in [6.07, 6.45) is 0. The molecule has 0 spiro atoms. The maximum Gasteiger partial charge on any atom is 0.173 e. The highest BCUT2D eigenvalue weighted by molar-refractivity contribution is 8.00. The van der Waals surface area contributed by atoms with Crippen LogP contribution < -0.4 is 9.47 Å². The van der Waals surface area contributed by atoms with E-state index in [-0.39, 0.29) is 5.78 Å². The molecule has 2 rings (SSSR count). The first-order valence-electron chi connectivity index (χ1n) is 6.76. The molecule has 110 valence electrons. The molecule has 2 aromatic rings. The standard InChI is InChI=1S/C17H18O3S/c1-3-20-16-10-9-14(11-17(16)19-2)21-12-15(18)13-7-5-4-6-8-13/h4-11H,3,12H2,1-2H3. The first-order valence-corrected chi connectivity index (χ1v) is 7.75. The van der Waals surface area contributed by atoms with E-state index in [9.17, 15) is 4.79 Å². The molecular weight excluding hydrogens is 284 g/mol. The predicted molar refractivity (Wildman–Crippen MR) is 85.7 cm³/mol. The van der Waals surface area contributed by atoms with Crippen LogP contribution in [-0.2, 0) is 0 Å². The molecule has 0 bridgehead atoms. The van der Waals surface area contributed by atoms with E-state index in [1.165, 1.54) is 11.8 Å². The van der Waals surface area contributed by atoms with E-state index < -0.39 is 0 Å². The van der Waals surface area contributed by atoms with E-state index >= 15 is 0 Å². The van der Waals surface area contributed by atoms with Crippen molar-refractivity contribution in [3.63, 3.8) is 0 Å². The molecule has 0 aliphatic heterocycles. The Morgan fingerprint density at radius 3 is 2.52 bits per heavy atom. The van der Waals surface area contributed by atoms with Crippen molar-refractivity contribution in [3.05, 3.63) is 54.1 Å². The van der Waals surface area contributed by atoms with E-state index in [2.05, 4.69) is 0 Å². The van der Waals surface area contributed by atoms with Gasteiger partial charge >= 0.3 is 0 Å². The Morgan fingerprint density at radius 2 is 1.86 bits per heavy atom. The summed E-state index contributed by atoms with van der Waals surface area (Å²) in [6.45, 7) is 2.52. The molecule has 0 aromatic heterocycles. The van der Waals surface area contributed by atoms with Gasteiger partial charge in [-0.25, -0.2) is 0 Å². The Labute approximate surface area is 129 Å². The van der Waals surface area contributed by atoms with Gasteiger partial charge in [-0.2, -0.15) is 0 Å².